The molecular weight excluding hydrogens is 592 g/mol. The number of terminal acetylenes is 1. The number of amides is 3. The van der Waals surface area contributed by atoms with E-state index in [1.165, 1.54) is 19.3 Å². The summed E-state index contributed by atoms with van der Waals surface area (Å²) in [6.07, 6.45) is 15.1. The van der Waals surface area contributed by atoms with Crippen LogP contribution in [0.5, 0.6) is 0 Å². The molecule has 4 rings (SSSR count). The first-order valence-electron chi connectivity index (χ1n) is 18.0. The van der Waals surface area contributed by atoms with E-state index in [9.17, 15) is 19.5 Å². The maximum Gasteiger partial charge on any atom is 0.242 e. The Morgan fingerprint density at radius 2 is 1.74 bits per heavy atom. The van der Waals surface area contributed by atoms with Crippen molar-refractivity contribution in [2.24, 2.45) is 23.7 Å². The summed E-state index contributed by atoms with van der Waals surface area (Å²) >= 11 is 0. The SMILES string of the molecule is C#CCCC(NC(=O)C(CC(=O)N(C)CCN1CCOCC1)Cc1ccccc1)C(=O)N[C@@H](CC1CCCCC1)[C@@H](C)[C@@H](O)C1CC1. The second-order valence-electron chi connectivity index (χ2n) is 14.2. The van der Waals surface area contributed by atoms with Gasteiger partial charge in [-0.1, -0.05) is 69.4 Å². The van der Waals surface area contributed by atoms with Crippen LogP contribution in [0.1, 0.15) is 83.1 Å². The van der Waals surface area contributed by atoms with Crippen molar-refractivity contribution in [3.8, 4) is 12.3 Å². The number of morpholine rings is 1. The number of nitrogens with zero attached hydrogens (tertiary/aromatic N) is 2. The highest BCUT2D eigenvalue weighted by molar-refractivity contribution is 5.91. The third-order valence-corrected chi connectivity index (χ3v) is 10.5. The van der Waals surface area contributed by atoms with E-state index >= 15 is 0 Å². The molecule has 1 saturated heterocycles. The van der Waals surface area contributed by atoms with Crippen molar-refractivity contribution in [1.29, 1.82) is 0 Å². The molecule has 1 aliphatic heterocycles. The molecule has 2 aliphatic carbocycles. The van der Waals surface area contributed by atoms with Crippen LogP contribution in [0.2, 0.25) is 0 Å². The smallest absolute Gasteiger partial charge is 0.242 e. The molecule has 3 aliphatic rings. The number of aliphatic hydroxyl groups is 1. The summed E-state index contributed by atoms with van der Waals surface area (Å²) in [4.78, 5) is 45.3. The minimum absolute atomic E-state index is 0.0404. The van der Waals surface area contributed by atoms with Gasteiger partial charge in [-0.3, -0.25) is 19.3 Å². The number of aliphatic hydroxyl groups excluding tert-OH is 1. The minimum Gasteiger partial charge on any atom is -0.392 e. The molecule has 9 nitrogen and oxygen atoms in total. The highest BCUT2D eigenvalue weighted by Crippen LogP contribution is 2.38. The van der Waals surface area contributed by atoms with Crippen molar-refractivity contribution in [3.63, 3.8) is 0 Å². The Labute approximate surface area is 282 Å². The Balaban J connectivity index is 1.44. The monoisotopic (exact) mass is 650 g/mol. The second-order valence-corrected chi connectivity index (χ2v) is 14.2. The summed E-state index contributed by atoms with van der Waals surface area (Å²) < 4.78 is 5.43. The molecule has 0 bridgehead atoms. The molecule has 1 aromatic rings. The lowest BCUT2D eigenvalue weighted by molar-refractivity contribution is -0.137. The van der Waals surface area contributed by atoms with Gasteiger partial charge in [-0.15, -0.1) is 12.3 Å². The zero-order valence-electron chi connectivity index (χ0n) is 28.7. The molecule has 1 heterocycles. The number of hydrogen-bond donors (Lipinski definition) is 3. The molecule has 2 saturated carbocycles. The van der Waals surface area contributed by atoms with Gasteiger partial charge in [0.25, 0.3) is 0 Å². The third-order valence-electron chi connectivity index (χ3n) is 10.5. The molecule has 3 N–H and O–H groups in total. The summed E-state index contributed by atoms with van der Waals surface area (Å²) in [5.41, 5.74) is 0.955. The van der Waals surface area contributed by atoms with Gasteiger partial charge in [0.2, 0.25) is 17.7 Å². The zero-order valence-corrected chi connectivity index (χ0v) is 28.7. The topological polar surface area (TPSA) is 111 Å². The van der Waals surface area contributed by atoms with Crippen LogP contribution >= 0.6 is 0 Å². The average molecular weight is 651 g/mol. The summed E-state index contributed by atoms with van der Waals surface area (Å²) in [6, 6.07) is 8.67. The van der Waals surface area contributed by atoms with E-state index < -0.39 is 18.1 Å². The normalized spacial score (nSPS) is 20.6. The number of nitrogens with one attached hydrogen (secondary N) is 2. The lowest BCUT2D eigenvalue weighted by Gasteiger charge is -2.34. The summed E-state index contributed by atoms with van der Waals surface area (Å²) in [6.45, 7) is 6.47. The molecule has 9 heteroatoms. The Hall–Kier alpha value is -2.93. The van der Waals surface area contributed by atoms with E-state index in [1.807, 2.05) is 37.3 Å². The lowest BCUT2D eigenvalue weighted by Crippen LogP contribution is -2.54. The van der Waals surface area contributed by atoms with Crippen molar-refractivity contribution >= 4 is 17.7 Å². The van der Waals surface area contributed by atoms with Crippen LogP contribution in [0.15, 0.2) is 30.3 Å². The molecule has 3 amide bonds. The van der Waals surface area contributed by atoms with Crippen LogP contribution < -0.4 is 10.6 Å². The van der Waals surface area contributed by atoms with Gasteiger partial charge in [0.15, 0.2) is 0 Å². The van der Waals surface area contributed by atoms with Crippen LogP contribution in [0.3, 0.4) is 0 Å². The first-order valence-corrected chi connectivity index (χ1v) is 18.0. The first kappa shape index (κ1) is 36.9. The van der Waals surface area contributed by atoms with Gasteiger partial charge in [-0.25, -0.2) is 0 Å². The lowest BCUT2D eigenvalue weighted by atomic mass is 9.80. The van der Waals surface area contributed by atoms with Gasteiger partial charge in [0, 0.05) is 58.0 Å². The molecule has 0 aromatic heterocycles. The Morgan fingerprint density at radius 1 is 1.04 bits per heavy atom. The van der Waals surface area contributed by atoms with Crippen LogP contribution in [-0.2, 0) is 25.5 Å². The van der Waals surface area contributed by atoms with Gasteiger partial charge >= 0.3 is 0 Å². The van der Waals surface area contributed by atoms with Crippen molar-refractivity contribution in [3.05, 3.63) is 35.9 Å². The fraction of sp³-hybridized carbons (Fsp3) is 0.711. The van der Waals surface area contributed by atoms with Gasteiger partial charge in [0.1, 0.15) is 6.04 Å². The Kier molecular flexibility index (Phi) is 15.0. The van der Waals surface area contributed by atoms with Crippen molar-refractivity contribution < 1.29 is 24.2 Å². The predicted octanol–water partition coefficient (Wildman–Crippen LogP) is 3.79. The number of hydrogen-bond acceptors (Lipinski definition) is 6. The fourth-order valence-electron chi connectivity index (χ4n) is 7.13. The van der Waals surface area contributed by atoms with E-state index in [1.54, 1.807) is 11.9 Å². The molecule has 3 fully saturated rings. The highest BCUT2D eigenvalue weighted by atomic mass is 16.5. The zero-order chi connectivity index (χ0) is 33.6. The Bertz CT molecular complexity index is 1160. The number of carbonyl (C=O) groups excluding carboxylic acids is 3. The average Bonchev–Trinajstić information content (AvgIpc) is 3.95. The van der Waals surface area contributed by atoms with Crippen LogP contribution in [0.4, 0.5) is 0 Å². The molecule has 260 valence electrons. The van der Waals surface area contributed by atoms with Crippen molar-refractivity contribution in [2.45, 2.75) is 102 Å². The summed E-state index contributed by atoms with van der Waals surface area (Å²) in [5, 5.41) is 17.3. The molecule has 47 heavy (non-hydrogen) atoms. The van der Waals surface area contributed by atoms with Crippen molar-refractivity contribution in [1.82, 2.24) is 20.4 Å². The molecule has 0 radical (unpaired) electrons. The van der Waals surface area contributed by atoms with Gasteiger partial charge in [0.05, 0.1) is 25.2 Å². The van der Waals surface area contributed by atoms with E-state index in [2.05, 4.69) is 21.5 Å². The number of ether oxygens (including phenoxy) is 1. The van der Waals surface area contributed by atoms with E-state index in [0.717, 1.165) is 57.3 Å². The molecule has 0 spiro atoms. The maximum atomic E-state index is 14.0. The number of carbonyl (C=O) groups is 3. The standard InChI is InChI=1S/C38H58N4O5/c1-4-5-16-33(38(46)40-34(26-30-14-10-7-11-15-30)28(2)36(44)31-17-18-31)39-37(45)32(25-29-12-8-6-9-13-29)27-35(43)41(3)19-20-42-21-23-47-24-22-42/h1,6,8-9,12-13,28,30-34,36,44H,5,7,10-11,14-27H2,2-3H3,(H,39,45)(H,40,46)/t28-,32?,33?,34+,36-/m1/s1. The molecule has 5 atom stereocenters. The van der Waals surface area contributed by atoms with E-state index in [-0.39, 0.29) is 36.1 Å². The van der Waals surface area contributed by atoms with Gasteiger partial charge in [-0.05, 0) is 49.5 Å². The number of benzene rings is 1. The number of rotatable bonds is 18. The second kappa shape index (κ2) is 19.2. The quantitative estimate of drug-likeness (QED) is 0.209. The summed E-state index contributed by atoms with van der Waals surface area (Å²) in [5.74, 6) is 2.01. The Morgan fingerprint density at radius 3 is 2.40 bits per heavy atom. The maximum absolute atomic E-state index is 14.0. The number of likely N-dealkylation sites (N-methyl/N-ethyl adjacent to an activating group) is 1. The minimum atomic E-state index is -0.829. The van der Waals surface area contributed by atoms with E-state index in [4.69, 9.17) is 11.2 Å². The van der Waals surface area contributed by atoms with Crippen LogP contribution in [-0.4, -0.2) is 97.3 Å². The van der Waals surface area contributed by atoms with Crippen LogP contribution in [0.25, 0.3) is 0 Å². The molecular formula is C38H58N4O5. The molecule has 2 unspecified atom stereocenters. The predicted molar refractivity (Wildman–Crippen MR) is 184 cm³/mol. The van der Waals surface area contributed by atoms with E-state index in [0.29, 0.717) is 50.9 Å². The first-order chi connectivity index (χ1) is 22.7. The van der Waals surface area contributed by atoms with Gasteiger partial charge < -0.3 is 25.4 Å². The van der Waals surface area contributed by atoms with Crippen LogP contribution in [0, 0.1) is 36.0 Å². The fourth-order valence-corrected chi connectivity index (χ4v) is 7.13. The van der Waals surface area contributed by atoms with Crippen molar-refractivity contribution in [2.75, 3.05) is 46.4 Å². The van der Waals surface area contributed by atoms with Gasteiger partial charge in [-0.2, -0.15) is 0 Å². The highest BCUT2D eigenvalue weighted by Gasteiger charge is 2.39. The molecule has 1 aromatic carbocycles. The summed E-state index contributed by atoms with van der Waals surface area (Å²) in [7, 11) is 1.78. The largest absolute Gasteiger partial charge is 0.392 e. The third kappa shape index (κ3) is 12.2.